The van der Waals surface area contributed by atoms with Crippen LogP contribution in [0.1, 0.15) is 18.3 Å². The first-order chi connectivity index (χ1) is 8.54. The highest BCUT2D eigenvalue weighted by Crippen LogP contribution is 2.01. The molecule has 0 radical (unpaired) electrons. The Bertz CT molecular complexity index is 389. The van der Waals surface area contributed by atoms with Crippen LogP contribution in [0.2, 0.25) is 0 Å². The molecule has 1 atom stereocenters. The van der Waals surface area contributed by atoms with E-state index in [1.807, 2.05) is 31.6 Å². The third-order valence-corrected chi connectivity index (χ3v) is 2.69. The summed E-state index contributed by atoms with van der Waals surface area (Å²) in [6.45, 7) is 5.47. The predicted octanol–water partition coefficient (Wildman–Crippen LogP) is -0.0308. The number of methoxy groups -OCH3 is 1. The Hall–Kier alpha value is -1.40. The topological polar surface area (TPSA) is 68.2 Å². The van der Waals surface area contributed by atoms with E-state index >= 15 is 0 Å². The second-order valence-electron chi connectivity index (χ2n) is 4.29. The number of amides is 1. The normalized spacial score (nSPS) is 12.4. The second kappa shape index (κ2) is 7.13. The number of ether oxygens (including phenoxy) is 1. The van der Waals surface area contributed by atoms with Gasteiger partial charge < -0.3 is 15.4 Å². The van der Waals surface area contributed by atoms with Gasteiger partial charge in [-0.05, 0) is 19.9 Å². The molecular weight excluding hydrogens is 232 g/mol. The molecule has 0 bridgehead atoms. The van der Waals surface area contributed by atoms with Crippen LogP contribution in [-0.2, 0) is 23.1 Å². The van der Waals surface area contributed by atoms with Crippen molar-refractivity contribution in [3.63, 3.8) is 0 Å². The Labute approximate surface area is 108 Å². The molecule has 0 aliphatic rings. The van der Waals surface area contributed by atoms with Crippen LogP contribution in [-0.4, -0.2) is 42.0 Å². The number of carbonyl (C=O) groups is 1. The van der Waals surface area contributed by atoms with E-state index in [1.165, 1.54) is 0 Å². The van der Waals surface area contributed by atoms with E-state index in [2.05, 4.69) is 15.7 Å². The number of hydrogen-bond donors (Lipinski definition) is 2. The van der Waals surface area contributed by atoms with Gasteiger partial charge in [-0.3, -0.25) is 9.48 Å². The average molecular weight is 254 g/mol. The number of aryl methyl sites for hydroxylation is 2. The number of nitrogens with zero attached hydrogens (tertiary/aromatic N) is 2. The van der Waals surface area contributed by atoms with Gasteiger partial charge in [0.05, 0.1) is 24.0 Å². The summed E-state index contributed by atoms with van der Waals surface area (Å²) >= 11 is 0. The Morgan fingerprint density at radius 1 is 1.61 bits per heavy atom. The molecule has 1 aromatic rings. The lowest BCUT2D eigenvalue weighted by molar-refractivity contribution is -0.123. The van der Waals surface area contributed by atoms with E-state index in [0.29, 0.717) is 19.7 Å². The van der Waals surface area contributed by atoms with Crippen molar-refractivity contribution in [1.29, 1.82) is 0 Å². The molecule has 1 heterocycles. The molecule has 1 unspecified atom stereocenters. The number of nitrogens with one attached hydrogen (secondary N) is 2. The summed E-state index contributed by atoms with van der Waals surface area (Å²) in [5, 5.41) is 10.2. The first-order valence-electron chi connectivity index (χ1n) is 6.04. The lowest BCUT2D eigenvalue weighted by atomic mass is 10.3. The molecule has 1 amide bonds. The van der Waals surface area contributed by atoms with E-state index < -0.39 is 0 Å². The Morgan fingerprint density at radius 2 is 2.33 bits per heavy atom. The van der Waals surface area contributed by atoms with Gasteiger partial charge in [-0.15, -0.1) is 0 Å². The molecule has 102 valence electrons. The molecule has 0 aromatic carbocycles. The fraction of sp³-hybridized carbons (Fsp3) is 0.667. The third kappa shape index (κ3) is 4.46. The van der Waals surface area contributed by atoms with Crippen molar-refractivity contribution in [2.24, 2.45) is 7.05 Å². The van der Waals surface area contributed by atoms with Crippen molar-refractivity contribution in [1.82, 2.24) is 20.4 Å². The van der Waals surface area contributed by atoms with Crippen molar-refractivity contribution < 1.29 is 9.53 Å². The monoisotopic (exact) mass is 254 g/mol. The molecule has 6 heteroatoms. The average Bonchev–Trinajstić information content (AvgIpc) is 2.65. The van der Waals surface area contributed by atoms with Crippen molar-refractivity contribution in [2.75, 3.05) is 20.3 Å². The highest BCUT2D eigenvalue weighted by atomic mass is 16.5. The van der Waals surface area contributed by atoms with E-state index in [9.17, 15) is 4.79 Å². The second-order valence-corrected chi connectivity index (χ2v) is 4.29. The molecule has 0 spiro atoms. The molecule has 1 rings (SSSR count). The van der Waals surface area contributed by atoms with Crippen LogP contribution in [0.4, 0.5) is 0 Å². The lowest BCUT2D eigenvalue weighted by Gasteiger charge is -2.13. The smallest absolute Gasteiger partial charge is 0.236 e. The summed E-state index contributed by atoms with van der Waals surface area (Å²) in [5.74, 6) is -0.0223. The molecule has 0 aliphatic heterocycles. The number of carbonyl (C=O) groups excluding carboxylic acids is 1. The summed E-state index contributed by atoms with van der Waals surface area (Å²) in [7, 11) is 3.51. The maximum absolute atomic E-state index is 11.7. The number of aromatic nitrogens is 2. The van der Waals surface area contributed by atoms with Crippen LogP contribution < -0.4 is 10.6 Å². The van der Waals surface area contributed by atoms with Crippen molar-refractivity contribution in [3.05, 3.63) is 17.5 Å². The minimum absolute atomic E-state index is 0.0223. The summed E-state index contributed by atoms with van der Waals surface area (Å²) in [5.41, 5.74) is 2.04. The Kier molecular flexibility index (Phi) is 5.80. The molecule has 0 aliphatic carbocycles. The summed E-state index contributed by atoms with van der Waals surface area (Å²) < 4.78 is 6.69. The van der Waals surface area contributed by atoms with Crippen molar-refractivity contribution in [2.45, 2.75) is 26.4 Å². The van der Waals surface area contributed by atoms with Crippen LogP contribution in [0, 0.1) is 6.92 Å². The zero-order valence-electron chi connectivity index (χ0n) is 11.5. The zero-order chi connectivity index (χ0) is 13.5. The van der Waals surface area contributed by atoms with E-state index in [1.54, 1.807) is 7.11 Å². The molecule has 1 aromatic heterocycles. The van der Waals surface area contributed by atoms with Crippen LogP contribution in [0.25, 0.3) is 0 Å². The van der Waals surface area contributed by atoms with Gasteiger partial charge in [-0.1, -0.05) is 0 Å². The van der Waals surface area contributed by atoms with Gasteiger partial charge in [-0.2, -0.15) is 5.10 Å². The van der Waals surface area contributed by atoms with Gasteiger partial charge in [-0.25, -0.2) is 0 Å². The van der Waals surface area contributed by atoms with E-state index in [0.717, 1.165) is 11.4 Å². The van der Waals surface area contributed by atoms with Gasteiger partial charge in [0.25, 0.3) is 0 Å². The van der Waals surface area contributed by atoms with Crippen LogP contribution in [0.3, 0.4) is 0 Å². The summed E-state index contributed by atoms with van der Waals surface area (Å²) in [6.07, 6.45) is 0. The highest BCUT2D eigenvalue weighted by molar-refractivity contribution is 5.81. The van der Waals surface area contributed by atoms with Gasteiger partial charge in [0.2, 0.25) is 5.91 Å². The van der Waals surface area contributed by atoms with Crippen LogP contribution in [0.15, 0.2) is 6.07 Å². The molecule has 6 nitrogen and oxygen atoms in total. The van der Waals surface area contributed by atoms with Crippen molar-refractivity contribution >= 4 is 5.91 Å². The van der Waals surface area contributed by atoms with Gasteiger partial charge >= 0.3 is 0 Å². The Balaban J connectivity index is 2.34. The minimum Gasteiger partial charge on any atom is -0.383 e. The standard InChI is InChI=1S/C12H22N4O2/c1-9-7-11(16(3)15-9)8-14-10(2)12(17)13-5-6-18-4/h7,10,14H,5-6,8H2,1-4H3,(H,13,17). The maximum Gasteiger partial charge on any atom is 0.236 e. The first-order valence-corrected chi connectivity index (χ1v) is 6.04. The molecule has 2 N–H and O–H groups in total. The predicted molar refractivity (Wildman–Crippen MR) is 69.1 cm³/mol. The van der Waals surface area contributed by atoms with Gasteiger partial charge in [0, 0.05) is 27.2 Å². The van der Waals surface area contributed by atoms with Crippen LogP contribution in [0.5, 0.6) is 0 Å². The quantitative estimate of drug-likeness (QED) is 0.671. The van der Waals surface area contributed by atoms with Crippen LogP contribution >= 0.6 is 0 Å². The summed E-state index contributed by atoms with van der Waals surface area (Å²) in [6, 6.07) is 1.76. The fourth-order valence-corrected chi connectivity index (χ4v) is 1.61. The highest BCUT2D eigenvalue weighted by Gasteiger charge is 2.12. The van der Waals surface area contributed by atoms with Gasteiger partial charge in [0.15, 0.2) is 0 Å². The molecule has 0 fully saturated rings. The zero-order valence-corrected chi connectivity index (χ0v) is 11.5. The lowest BCUT2D eigenvalue weighted by Crippen LogP contribution is -2.43. The molecule has 18 heavy (non-hydrogen) atoms. The third-order valence-electron chi connectivity index (χ3n) is 2.69. The first kappa shape index (κ1) is 14.7. The fourth-order valence-electron chi connectivity index (χ4n) is 1.61. The van der Waals surface area contributed by atoms with E-state index in [4.69, 9.17) is 4.74 Å². The maximum atomic E-state index is 11.7. The number of rotatable bonds is 7. The molecular formula is C12H22N4O2. The van der Waals surface area contributed by atoms with Gasteiger partial charge in [0.1, 0.15) is 0 Å². The molecule has 0 saturated heterocycles. The minimum atomic E-state index is -0.239. The largest absolute Gasteiger partial charge is 0.383 e. The van der Waals surface area contributed by atoms with E-state index in [-0.39, 0.29) is 11.9 Å². The number of hydrogen-bond acceptors (Lipinski definition) is 4. The molecule has 0 saturated carbocycles. The SMILES string of the molecule is COCCNC(=O)C(C)NCc1cc(C)nn1C. The summed E-state index contributed by atoms with van der Waals surface area (Å²) in [4.78, 5) is 11.7. The Morgan fingerprint density at radius 3 is 2.89 bits per heavy atom. The van der Waals surface area contributed by atoms with Crippen molar-refractivity contribution in [3.8, 4) is 0 Å².